The minimum absolute atomic E-state index is 0.636. The minimum Gasteiger partial charge on any atom is -0.382 e. The van der Waals surface area contributed by atoms with Crippen LogP contribution in [0, 0.1) is 0 Å². The molecular weight excluding hydrogens is 174 g/mol. The monoisotopic (exact) mass is 189 g/mol. The van der Waals surface area contributed by atoms with Crippen molar-refractivity contribution in [2.75, 3.05) is 5.73 Å². The van der Waals surface area contributed by atoms with Gasteiger partial charge in [0.1, 0.15) is 0 Å². The summed E-state index contributed by atoms with van der Waals surface area (Å²) < 4.78 is 1.99. The number of para-hydroxylation sites is 1. The molecule has 14 heavy (non-hydrogen) atoms. The van der Waals surface area contributed by atoms with Gasteiger partial charge in [-0.25, -0.2) is 0 Å². The van der Waals surface area contributed by atoms with Gasteiger partial charge >= 0.3 is 0 Å². The van der Waals surface area contributed by atoms with Gasteiger partial charge in [-0.05, 0) is 18.6 Å². The first-order valence-electron chi connectivity index (χ1n) is 5.04. The van der Waals surface area contributed by atoms with E-state index in [9.17, 15) is 0 Å². The molecule has 1 aromatic heterocycles. The maximum absolute atomic E-state index is 5.82. The fourth-order valence-corrected chi connectivity index (χ4v) is 1.63. The maximum atomic E-state index is 5.82. The topological polar surface area (TPSA) is 43.8 Å². The predicted molar refractivity (Wildman–Crippen MR) is 59.1 cm³/mol. The molecule has 2 N–H and O–H groups in total. The van der Waals surface area contributed by atoms with Crippen LogP contribution in [0.2, 0.25) is 0 Å². The van der Waals surface area contributed by atoms with E-state index in [-0.39, 0.29) is 0 Å². The largest absolute Gasteiger partial charge is 0.382 e. The number of anilines is 1. The highest BCUT2D eigenvalue weighted by molar-refractivity contribution is 5.88. The number of hydrogen-bond acceptors (Lipinski definition) is 2. The Hall–Kier alpha value is -1.51. The van der Waals surface area contributed by atoms with E-state index in [1.807, 2.05) is 22.9 Å². The van der Waals surface area contributed by atoms with Crippen LogP contribution in [0.25, 0.3) is 10.9 Å². The molecule has 3 heteroatoms. The summed E-state index contributed by atoms with van der Waals surface area (Å²) in [7, 11) is 0. The van der Waals surface area contributed by atoms with Crippen LogP contribution in [0.4, 0.5) is 5.82 Å². The molecule has 0 aliphatic rings. The highest BCUT2D eigenvalue weighted by atomic mass is 15.3. The van der Waals surface area contributed by atoms with Gasteiger partial charge in [0.05, 0.1) is 5.52 Å². The Morgan fingerprint density at radius 3 is 2.93 bits per heavy atom. The van der Waals surface area contributed by atoms with Crippen molar-refractivity contribution in [3.63, 3.8) is 0 Å². The van der Waals surface area contributed by atoms with Gasteiger partial charge in [-0.15, -0.1) is 0 Å². The van der Waals surface area contributed by atoms with Gasteiger partial charge < -0.3 is 5.73 Å². The number of benzene rings is 1. The molecule has 74 valence electrons. The van der Waals surface area contributed by atoms with Gasteiger partial charge in [-0.3, -0.25) is 4.68 Å². The first-order chi connectivity index (χ1) is 6.83. The highest BCUT2D eigenvalue weighted by Gasteiger charge is 2.05. The summed E-state index contributed by atoms with van der Waals surface area (Å²) in [5, 5.41) is 5.38. The molecule has 0 amide bonds. The molecule has 0 spiro atoms. The molecule has 0 saturated carbocycles. The number of rotatable bonds is 3. The molecule has 0 bridgehead atoms. The minimum atomic E-state index is 0.636. The summed E-state index contributed by atoms with van der Waals surface area (Å²) in [6, 6.07) is 8.09. The molecule has 0 unspecified atom stereocenters. The lowest BCUT2D eigenvalue weighted by Gasteiger charge is -2.00. The average molecular weight is 189 g/mol. The fourth-order valence-electron chi connectivity index (χ4n) is 1.63. The highest BCUT2D eigenvalue weighted by Crippen LogP contribution is 2.19. The Bertz CT molecular complexity index is 431. The van der Waals surface area contributed by atoms with Crippen molar-refractivity contribution in [1.29, 1.82) is 0 Å². The number of nitrogens with two attached hydrogens (primary N) is 1. The third-order valence-corrected chi connectivity index (χ3v) is 2.41. The molecular formula is C11H15N3. The first kappa shape index (κ1) is 9.06. The number of nitrogen functional groups attached to an aromatic ring is 1. The summed E-state index contributed by atoms with van der Waals surface area (Å²) in [5.74, 6) is 0.636. The Balaban J connectivity index is 2.44. The standard InChI is InChI=1S/C11H15N3/c1-2-3-8-14-10-7-5-4-6-9(10)11(12)13-14/h4-7H,2-3,8H2,1H3,(H2,12,13). The van der Waals surface area contributed by atoms with Crippen LogP contribution in [0.5, 0.6) is 0 Å². The van der Waals surface area contributed by atoms with Crippen LogP contribution in [0.3, 0.4) is 0 Å². The Kier molecular flexibility index (Phi) is 2.39. The number of unbranched alkanes of at least 4 members (excludes halogenated alkanes) is 1. The Morgan fingerprint density at radius 2 is 2.14 bits per heavy atom. The second-order valence-corrected chi connectivity index (χ2v) is 3.48. The van der Waals surface area contributed by atoms with Crippen LogP contribution in [0.1, 0.15) is 19.8 Å². The quantitative estimate of drug-likeness (QED) is 0.805. The van der Waals surface area contributed by atoms with Crippen LogP contribution in [-0.2, 0) is 6.54 Å². The SMILES string of the molecule is CCCCn1nc(N)c2ccccc21. The molecule has 3 nitrogen and oxygen atoms in total. The van der Waals surface area contributed by atoms with E-state index in [2.05, 4.69) is 18.1 Å². The van der Waals surface area contributed by atoms with Crippen LogP contribution in [-0.4, -0.2) is 9.78 Å². The van der Waals surface area contributed by atoms with Gasteiger partial charge in [-0.2, -0.15) is 5.10 Å². The first-order valence-corrected chi connectivity index (χ1v) is 5.04. The molecule has 0 radical (unpaired) electrons. The van der Waals surface area contributed by atoms with E-state index in [0.29, 0.717) is 5.82 Å². The smallest absolute Gasteiger partial charge is 0.153 e. The lowest BCUT2D eigenvalue weighted by molar-refractivity contribution is 0.590. The Morgan fingerprint density at radius 1 is 1.36 bits per heavy atom. The molecule has 0 saturated heterocycles. The second-order valence-electron chi connectivity index (χ2n) is 3.48. The zero-order valence-corrected chi connectivity index (χ0v) is 8.40. The molecule has 1 heterocycles. The van der Waals surface area contributed by atoms with E-state index in [1.165, 1.54) is 6.42 Å². The number of aryl methyl sites for hydroxylation is 1. The Labute approximate surface area is 83.5 Å². The fraction of sp³-hybridized carbons (Fsp3) is 0.364. The van der Waals surface area contributed by atoms with Crippen LogP contribution >= 0.6 is 0 Å². The molecule has 0 atom stereocenters. The third kappa shape index (κ3) is 1.45. The van der Waals surface area contributed by atoms with Crippen LogP contribution in [0.15, 0.2) is 24.3 Å². The van der Waals surface area contributed by atoms with Gasteiger partial charge in [-0.1, -0.05) is 25.5 Å². The van der Waals surface area contributed by atoms with E-state index in [1.54, 1.807) is 0 Å². The van der Waals surface area contributed by atoms with Crippen molar-refractivity contribution in [2.45, 2.75) is 26.3 Å². The van der Waals surface area contributed by atoms with Gasteiger partial charge in [0.2, 0.25) is 0 Å². The van der Waals surface area contributed by atoms with Gasteiger partial charge in [0.25, 0.3) is 0 Å². The maximum Gasteiger partial charge on any atom is 0.153 e. The summed E-state index contributed by atoms with van der Waals surface area (Å²) in [4.78, 5) is 0. The number of aromatic nitrogens is 2. The van der Waals surface area contributed by atoms with Crippen molar-refractivity contribution in [2.24, 2.45) is 0 Å². The van der Waals surface area contributed by atoms with Crippen molar-refractivity contribution in [3.05, 3.63) is 24.3 Å². The predicted octanol–water partition coefficient (Wildman–Crippen LogP) is 2.42. The summed E-state index contributed by atoms with van der Waals surface area (Å²) >= 11 is 0. The molecule has 0 aliphatic carbocycles. The lowest BCUT2D eigenvalue weighted by atomic mass is 10.2. The van der Waals surface area contributed by atoms with Crippen molar-refractivity contribution in [1.82, 2.24) is 9.78 Å². The molecule has 2 rings (SSSR count). The number of nitrogens with zero attached hydrogens (tertiary/aromatic N) is 2. The van der Waals surface area contributed by atoms with Gasteiger partial charge in [0.15, 0.2) is 5.82 Å². The summed E-state index contributed by atoms with van der Waals surface area (Å²) in [6.07, 6.45) is 2.32. The number of fused-ring (bicyclic) bond motifs is 1. The van der Waals surface area contributed by atoms with Crippen molar-refractivity contribution < 1.29 is 0 Å². The van der Waals surface area contributed by atoms with E-state index in [0.717, 1.165) is 23.9 Å². The van der Waals surface area contributed by atoms with E-state index >= 15 is 0 Å². The average Bonchev–Trinajstić information content (AvgIpc) is 2.54. The molecule has 1 aromatic carbocycles. The van der Waals surface area contributed by atoms with Gasteiger partial charge in [0, 0.05) is 11.9 Å². The third-order valence-electron chi connectivity index (χ3n) is 2.41. The summed E-state index contributed by atoms with van der Waals surface area (Å²) in [5.41, 5.74) is 6.95. The zero-order chi connectivity index (χ0) is 9.97. The van der Waals surface area contributed by atoms with Crippen molar-refractivity contribution in [3.8, 4) is 0 Å². The van der Waals surface area contributed by atoms with Crippen LogP contribution < -0.4 is 5.73 Å². The lowest BCUT2D eigenvalue weighted by Crippen LogP contribution is -2.00. The normalized spacial score (nSPS) is 10.9. The van der Waals surface area contributed by atoms with E-state index in [4.69, 9.17) is 5.73 Å². The molecule has 0 fully saturated rings. The molecule has 0 aliphatic heterocycles. The second kappa shape index (κ2) is 3.70. The molecule has 2 aromatic rings. The van der Waals surface area contributed by atoms with Crippen molar-refractivity contribution >= 4 is 16.7 Å². The van der Waals surface area contributed by atoms with E-state index < -0.39 is 0 Å². The zero-order valence-electron chi connectivity index (χ0n) is 8.40. The number of hydrogen-bond donors (Lipinski definition) is 1. The summed E-state index contributed by atoms with van der Waals surface area (Å²) in [6.45, 7) is 3.13.